The van der Waals surface area contributed by atoms with Crippen LogP contribution >= 0.6 is 12.2 Å². The number of benzene rings is 2. The average Bonchev–Trinajstić information content (AvgIpc) is 2.50. The Hall–Kier alpha value is -2.47. The molecule has 2 rings (SSSR count). The van der Waals surface area contributed by atoms with Crippen LogP contribution in [0.15, 0.2) is 53.6 Å². The minimum absolute atomic E-state index is 0.284. The maximum atomic E-state index is 12.7. The minimum Gasteiger partial charge on any atom is -0.495 e. The van der Waals surface area contributed by atoms with Gasteiger partial charge in [-0.05, 0) is 42.0 Å². The van der Waals surface area contributed by atoms with Crippen LogP contribution in [0.5, 0.6) is 5.75 Å². The van der Waals surface area contributed by atoms with Gasteiger partial charge in [0, 0.05) is 0 Å². The second kappa shape index (κ2) is 7.35. The van der Waals surface area contributed by atoms with E-state index in [1.807, 2.05) is 24.3 Å². The highest BCUT2D eigenvalue weighted by Crippen LogP contribution is 2.22. The summed E-state index contributed by atoms with van der Waals surface area (Å²) in [5, 5.41) is 7.29. The van der Waals surface area contributed by atoms with Gasteiger partial charge in [-0.1, -0.05) is 24.3 Å². The molecule has 0 bridgehead atoms. The van der Waals surface area contributed by atoms with Crippen LogP contribution in [0.3, 0.4) is 0 Å². The van der Waals surface area contributed by atoms with Gasteiger partial charge in [0.05, 0.1) is 19.0 Å². The smallest absolute Gasteiger partial charge is 0.191 e. The van der Waals surface area contributed by atoms with E-state index in [1.165, 1.54) is 12.1 Å². The van der Waals surface area contributed by atoms with Gasteiger partial charge in [-0.2, -0.15) is 5.10 Å². The van der Waals surface area contributed by atoms with Gasteiger partial charge in [-0.3, -0.25) is 5.43 Å². The van der Waals surface area contributed by atoms with Crippen LogP contribution in [-0.2, 0) is 0 Å². The summed E-state index contributed by atoms with van der Waals surface area (Å²) in [4.78, 5) is 0. The van der Waals surface area contributed by atoms with E-state index >= 15 is 0 Å². The van der Waals surface area contributed by atoms with Crippen molar-refractivity contribution in [2.24, 2.45) is 5.10 Å². The molecule has 0 saturated carbocycles. The van der Waals surface area contributed by atoms with Crippen LogP contribution in [0.2, 0.25) is 0 Å². The lowest BCUT2D eigenvalue weighted by molar-refractivity contribution is 0.417. The average molecular weight is 303 g/mol. The van der Waals surface area contributed by atoms with Crippen LogP contribution in [0, 0.1) is 5.82 Å². The van der Waals surface area contributed by atoms with Crippen LogP contribution in [0.1, 0.15) is 5.56 Å². The predicted octanol–water partition coefficient (Wildman–Crippen LogP) is 3.15. The third kappa shape index (κ3) is 4.54. The normalized spacial score (nSPS) is 10.4. The molecule has 0 aliphatic carbocycles. The number of para-hydroxylation sites is 2. The second-order valence-electron chi connectivity index (χ2n) is 4.08. The van der Waals surface area contributed by atoms with Gasteiger partial charge in [0.1, 0.15) is 11.6 Å². The Bertz CT molecular complexity index is 644. The Kier molecular flexibility index (Phi) is 5.22. The van der Waals surface area contributed by atoms with E-state index in [4.69, 9.17) is 17.0 Å². The lowest BCUT2D eigenvalue weighted by Crippen LogP contribution is -2.24. The van der Waals surface area contributed by atoms with Crippen molar-refractivity contribution in [1.82, 2.24) is 5.43 Å². The molecule has 0 aliphatic rings. The largest absolute Gasteiger partial charge is 0.495 e. The molecule has 2 aromatic rings. The van der Waals surface area contributed by atoms with Gasteiger partial charge in [-0.15, -0.1) is 0 Å². The molecule has 2 aromatic carbocycles. The van der Waals surface area contributed by atoms with Gasteiger partial charge in [0.2, 0.25) is 0 Å². The molecule has 6 heteroatoms. The maximum absolute atomic E-state index is 12.7. The van der Waals surface area contributed by atoms with Gasteiger partial charge in [0.15, 0.2) is 5.11 Å². The summed E-state index contributed by atoms with van der Waals surface area (Å²) < 4.78 is 18.0. The Balaban J connectivity index is 1.91. The quantitative estimate of drug-likeness (QED) is 0.517. The fraction of sp³-hybridized carbons (Fsp3) is 0.0667. The van der Waals surface area contributed by atoms with Crippen molar-refractivity contribution >= 4 is 29.2 Å². The third-order valence-corrected chi connectivity index (χ3v) is 2.80. The summed E-state index contributed by atoms with van der Waals surface area (Å²) in [6.07, 6.45) is 1.55. The van der Waals surface area contributed by atoms with Crippen molar-refractivity contribution in [1.29, 1.82) is 0 Å². The molecule has 0 aromatic heterocycles. The van der Waals surface area contributed by atoms with E-state index in [2.05, 4.69) is 15.8 Å². The van der Waals surface area contributed by atoms with E-state index in [1.54, 1.807) is 25.5 Å². The molecule has 2 N–H and O–H groups in total. The predicted molar refractivity (Wildman–Crippen MR) is 86.3 cm³/mol. The monoisotopic (exact) mass is 303 g/mol. The van der Waals surface area contributed by atoms with Crippen molar-refractivity contribution in [3.63, 3.8) is 0 Å². The van der Waals surface area contributed by atoms with E-state index in [0.717, 1.165) is 11.3 Å². The number of nitrogens with zero attached hydrogens (tertiary/aromatic N) is 1. The first-order valence-corrected chi connectivity index (χ1v) is 6.58. The van der Waals surface area contributed by atoms with E-state index in [9.17, 15) is 4.39 Å². The minimum atomic E-state index is -0.284. The molecule has 0 amide bonds. The van der Waals surface area contributed by atoms with Crippen molar-refractivity contribution in [2.45, 2.75) is 0 Å². The van der Waals surface area contributed by atoms with E-state index in [-0.39, 0.29) is 5.82 Å². The zero-order valence-electron chi connectivity index (χ0n) is 11.3. The Labute approximate surface area is 127 Å². The lowest BCUT2D eigenvalue weighted by atomic mass is 10.2. The molecule has 0 aliphatic heterocycles. The van der Waals surface area contributed by atoms with Crippen molar-refractivity contribution in [3.8, 4) is 5.75 Å². The number of ether oxygens (including phenoxy) is 1. The SMILES string of the molecule is COc1ccccc1NC(=S)N/N=C/c1ccc(F)cc1. The number of hydrogen-bond donors (Lipinski definition) is 2. The molecule has 0 spiro atoms. The van der Waals surface area contributed by atoms with Gasteiger partial charge < -0.3 is 10.1 Å². The van der Waals surface area contributed by atoms with Gasteiger partial charge >= 0.3 is 0 Å². The molecule has 21 heavy (non-hydrogen) atoms. The summed E-state index contributed by atoms with van der Waals surface area (Å²) in [5.41, 5.74) is 4.20. The highest BCUT2D eigenvalue weighted by Gasteiger charge is 2.02. The van der Waals surface area contributed by atoms with E-state index < -0.39 is 0 Å². The number of methoxy groups -OCH3 is 1. The first-order valence-electron chi connectivity index (χ1n) is 6.17. The summed E-state index contributed by atoms with van der Waals surface area (Å²) in [7, 11) is 1.59. The molecule has 0 atom stereocenters. The number of thiocarbonyl (C=S) groups is 1. The molecule has 4 nitrogen and oxygen atoms in total. The number of halogens is 1. The molecule has 0 fully saturated rings. The number of nitrogens with one attached hydrogen (secondary N) is 2. The Morgan fingerprint density at radius 3 is 2.62 bits per heavy atom. The molecule has 0 saturated heterocycles. The molecule has 0 radical (unpaired) electrons. The van der Waals surface area contributed by atoms with Crippen LogP contribution in [-0.4, -0.2) is 18.4 Å². The molecule has 0 unspecified atom stereocenters. The van der Waals surface area contributed by atoms with Gasteiger partial charge in [-0.25, -0.2) is 4.39 Å². The summed E-state index contributed by atoms with van der Waals surface area (Å²) >= 11 is 5.13. The zero-order valence-corrected chi connectivity index (χ0v) is 12.2. The topological polar surface area (TPSA) is 45.6 Å². The summed E-state index contributed by atoms with van der Waals surface area (Å²) in [5.74, 6) is 0.401. The standard InChI is InChI=1S/C15H14FN3OS/c1-20-14-5-3-2-4-13(14)18-15(21)19-17-10-11-6-8-12(16)9-7-11/h2-10H,1H3,(H2,18,19,21)/b17-10+. The maximum Gasteiger partial charge on any atom is 0.191 e. The third-order valence-electron chi connectivity index (χ3n) is 2.60. The number of hydrogen-bond acceptors (Lipinski definition) is 3. The Morgan fingerprint density at radius 1 is 1.19 bits per heavy atom. The molecule has 108 valence electrons. The van der Waals surface area contributed by atoms with Crippen LogP contribution in [0.25, 0.3) is 0 Å². The zero-order chi connectivity index (χ0) is 15.1. The van der Waals surface area contributed by atoms with Crippen LogP contribution in [0.4, 0.5) is 10.1 Å². The number of anilines is 1. The highest BCUT2D eigenvalue weighted by atomic mass is 32.1. The van der Waals surface area contributed by atoms with Crippen LogP contribution < -0.4 is 15.5 Å². The number of rotatable bonds is 4. The lowest BCUT2D eigenvalue weighted by Gasteiger charge is -2.10. The summed E-state index contributed by atoms with van der Waals surface area (Å²) in [6.45, 7) is 0. The second-order valence-corrected chi connectivity index (χ2v) is 4.48. The van der Waals surface area contributed by atoms with Crippen molar-refractivity contribution in [2.75, 3.05) is 12.4 Å². The number of hydrazone groups is 1. The fourth-order valence-electron chi connectivity index (χ4n) is 1.61. The first-order chi connectivity index (χ1) is 10.2. The molecule has 0 heterocycles. The van der Waals surface area contributed by atoms with E-state index in [0.29, 0.717) is 10.9 Å². The van der Waals surface area contributed by atoms with Crippen molar-refractivity contribution < 1.29 is 9.13 Å². The summed E-state index contributed by atoms with van der Waals surface area (Å²) in [6, 6.07) is 13.4. The highest BCUT2D eigenvalue weighted by molar-refractivity contribution is 7.80. The Morgan fingerprint density at radius 2 is 1.90 bits per heavy atom. The first kappa shape index (κ1) is 14.9. The van der Waals surface area contributed by atoms with Gasteiger partial charge in [0.25, 0.3) is 0 Å². The molecular formula is C15H14FN3OS. The fourth-order valence-corrected chi connectivity index (χ4v) is 1.78. The molecular weight excluding hydrogens is 289 g/mol. The van der Waals surface area contributed by atoms with Crippen molar-refractivity contribution in [3.05, 3.63) is 59.9 Å².